The maximum Gasteiger partial charge on any atom is 0.137 e. The number of nitrogens with zero attached hydrogens (tertiary/aromatic N) is 2. The standard InChI is InChI=1S/C14H24ClN3/c1-9(2)12-17-11(15)10(3)13(18-12)16-8-7-14(4,5)6/h9H,7-8H2,1-6H3,(H,16,17,18). The summed E-state index contributed by atoms with van der Waals surface area (Å²) in [7, 11) is 0. The van der Waals surface area contributed by atoms with E-state index in [1.807, 2.05) is 6.92 Å². The highest BCUT2D eigenvalue weighted by Crippen LogP contribution is 2.24. The van der Waals surface area contributed by atoms with Crippen LogP contribution in [0.5, 0.6) is 0 Å². The zero-order valence-corrected chi connectivity index (χ0v) is 13.0. The minimum Gasteiger partial charge on any atom is -0.370 e. The molecule has 0 unspecified atom stereocenters. The van der Waals surface area contributed by atoms with Crippen LogP contribution < -0.4 is 5.32 Å². The van der Waals surface area contributed by atoms with Crippen LogP contribution in [0, 0.1) is 12.3 Å². The van der Waals surface area contributed by atoms with Crippen molar-refractivity contribution in [3.05, 3.63) is 16.5 Å². The quantitative estimate of drug-likeness (QED) is 0.823. The number of halogens is 1. The van der Waals surface area contributed by atoms with E-state index in [4.69, 9.17) is 11.6 Å². The molecule has 3 nitrogen and oxygen atoms in total. The SMILES string of the molecule is Cc1c(Cl)nc(C(C)C)nc1NCCC(C)(C)C. The molecule has 0 aromatic carbocycles. The normalized spacial score (nSPS) is 12.0. The summed E-state index contributed by atoms with van der Waals surface area (Å²) in [4.78, 5) is 8.85. The molecule has 18 heavy (non-hydrogen) atoms. The van der Waals surface area contributed by atoms with Gasteiger partial charge in [-0.1, -0.05) is 46.2 Å². The molecule has 0 aliphatic carbocycles. The van der Waals surface area contributed by atoms with Gasteiger partial charge in [0.2, 0.25) is 0 Å². The van der Waals surface area contributed by atoms with Crippen molar-refractivity contribution >= 4 is 17.4 Å². The van der Waals surface area contributed by atoms with Gasteiger partial charge in [0.15, 0.2) is 0 Å². The summed E-state index contributed by atoms with van der Waals surface area (Å²) >= 11 is 6.14. The van der Waals surface area contributed by atoms with Gasteiger partial charge in [0.05, 0.1) is 0 Å². The summed E-state index contributed by atoms with van der Waals surface area (Å²) in [5.74, 6) is 1.94. The van der Waals surface area contributed by atoms with Gasteiger partial charge in [-0.3, -0.25) is 0 Å². The molecule has 0 saturated heterocycles. The van der Waals surface area contributed by atoms with Gasteiger partial charge in [-0.2, -0.15) is 0 Å². The number of anilines is 1. The van der Waals surface area contributed by atoms with E-state index < -0.39 is 0 Å². The first-order valence-corrected chi connectivity index (χ1v) is 6.86. The second-order valence-corrected chi connectivity index (χ2v) is 6.60. The highest BCUT2D eigenvalue weighted by Gasteiger charge is 2.13. The van der Waals surface area contributed by atoms with Crippen LogP contribution >= 0.6 is 11.6 Å². The summed E-state index contributed by atoms with van der Waals surface area (Å²) < 4.78 is 0. The van der Waals surface area contributed by atoms with Crippen LogP contribution in [0.3, 0.4) is 0 Å². The monoisotopic (exact) mass is 269 g/mol. The van der Waals surface area contributed by atoms with E-state index >= 15 is 0 Å². The Bertz CT molecular complexity index is 408. The molecule has 102 valence electrons. The van der Waals surface area contributed by atoms with Gasteiger partial charge in [-0.15, -0.1) is 0 Å². The summed E-state index contributed by atoms with van der Waals surface area (Å²) in [5, 5.41) is 3.92. The average Bonchev–Trinajstić information content (AvgIpc) is 2.21. The molecule has 1 rings (SSSR count). The van der Waals surface area contributed by atoms with Gasteiger partial charge in [0, 0.05) is 18.0 Å². The van der Waals surface area contributed by atoms with Crippen molar-refractivity contribution in [3.8, 4) is 0 Å². The van der Waals surface area contributed by atoms with Crippen LogP contribution in [0.25, 0.3) is 0 Å². The fourth-order valence-corrected chi connectivity index (χ4v) is 1.67. The lowest BCUT2D eigenvalue weighted by Crippen LogP contribution is -2.15. The molecule has 1 heterocycles. The molecule has 0 aliphatic rings. The van der Waals surface area contributed by atoms with Crippen LogP contribution in [-0.4, -0.2) is 16.5 Å². The van der Waals surface area contributed by atoms with E-state index in [-0.39, 0.29) is 5.92 Å². The third-order valence-electron chi connectivity index (χ3n) is 2.79. The minimum absolute atomic E-state index is 0.284. The Hall–Kier alpha value is -0.830. The highest BCUT2D eigenvalue weighted by molar-refractivity contribution is 6.30. The van der Waals surface area contributed by atoms with Crippen LogP contribution in [0.4, 0.5) is 5.82 Å². The molecule has 0 saturated carbocycles. The Kier molecular flexibility index (Phi) is 4.97. The van der Waals surface area contributed by atoms with Gasteiger partial charge in [0.25, 0.3) is 0 Å². The van der Waals surface area contributed by atoms with E-state index in [1.54, 1.807) is 0 Å². The van der Waals surface area contributed by atoms with E-state index in [2.05, 4.69) is 49.9 Å². The van der Waals surface area contributed by atoms with Crippen LogP contribution in [0.2, 0.25) is 5.15 Å². The van der Waals surface area contributed by atoms with E-state index in [0.717, 1.165) is 30.2 Å². The Morgan fingerprint density at radius 2 is 1.83 bits per heavy atom. The molecule has 1 N–H and O–H groups in total. The topological polar surface area (TPSA) is 37.8 Å². The minimum atomic E-state index is 0.284. The first kappa shape index (κ1) is 15.2. The third kappa shape index (κ3) is 4.45. The average molecular weight is 270 g/mol. The maximum atomic E-state index is 6.14. The lowest BCUT2D eigenvalue weighted by atomic mass is 9.92. The van der Waals surface area contributed by atoms with Gasteiger partial charge < -0.3 is 5.32 Å². The predicted molar refractivity (Wildman–Crippen MR) is 78.4 cm³/mol. The number of aromatic nitrogens is 2. The highest BCUT2D eigenvalue weighted by atomic mass is 35.5. The fraction of sp³-hybridized carbons (Fsp3) is 0.714. The third-order valence-corrected chi connectivity index (χ3v) is 3.16. The lowest BCUT2D eigenvalue weighted by molar-refractivity contribution is 0.389. The number of hydrogen-bond acceptors (Lipinski definition) is 3. The molecule has 0 radical (unpaired) electrons. The van der Waals surface area contributed by atoms with Crippen molar-refractivity contribution in [2.75, 3.05) is 11.9 Å². The molecule has 0 amide bonds. The molecule has 0 atom stereocenters. The first-order valence-electron chi connectivity index (χ1n) is 6.48. The summed E-state index contributed by atoms with van der Waals surface area (Å²) in [6, 6.07) is 0. The van der Waals surface area contributed by atoms with Crippen molar-refractivity contribution < 1.29 is 0 Å². The molecule has 4 heteroatoms. The Labute approximate surface area is 115 Å². The molecule has 1 aromatic heterocycles. The van der Waals surface area contributed by atoms with Crippen molar-refractivity contribution in [2.45, 2.75) is 53.9 Å². The fourth-order valence-electron chi connectivity index (χ4n) is 1.49. The zero-order valence-electron chi connectivity index (χ0n) is 12.3. The van der Waals surface area contributed by atoms with Crippen molar-refractivity contribution in [1.82, 2.24) is 9.97 Å². The zero-order chi connectivity index (χ0) is 13.9. The molecule has 0 aliphatic heterocycles. The van der Waals surface area contributed by atoms with Crippen LogP contribution in [-0.2, 0) is 0 Å². The Balaban J connectivity index is 2.81. The maximum absolute atomic E-state index is 6.14. The summed E-state index contributed by atoms with van der Waals surface area (Å²) in [6.45, 7) is 13.7. The van der Waals surface area contributed by atoms with Crippen molar-refractivity contribution in [2.24, 2.45) is 5.41 Å². The largest absolute Gasteiger partial charge is 0.370 e. The predicted octanol–water partition coefficient (Wildman–Crippen LogP) is 4.41. The Morgan fingerprint density at radius 1 is 1.22 bits per heavy atom. The summed E-state index contributed by atoms with van der Waals surface area (Å²) in [6.07, 6.45) is 1.09. The number of rotatable bonds is 4. The molecule has 0 spiro atoms. The molecule has 1 aromatic rings. The number of hydrogen-bond donors (Lipinski definition) is 1. The molecular formula is C14H24ClN3. The molecule has 0 fully saturated rings. The lowest BCUT2D eigenvalue weighted by Gasteiger charge is -2.19. The Morgan fingerprint density at radius 3 is 2.33 bits per heavy atom. The van der Waals surface area contributed by atoms with Gasteiger partial charge in [-0.25, -0.2) is 9.97 Å². The smallest absolute Gasteiger partial charge is 0.137 e. The van der Waals surface area contributed by atoms with E-state index in [0.29, 0.717) is 10.6 Å². The summed E-state index contributed by atoms with van der Waals surface area (Å²) in [5.41, 5.74) is 1.24. The van der Waals surface area contributed by atoms with Gasteiger partial charge >= 0.3 is 0 Å². The number of nitrogens with one attached hydrogen (secondary N) is 1. The second kappa shape index (κ2) is 5.87. The van der Waals surface area contributed by atoms with E-state index in [9.17, 15) is 0 Å². The first-order chi connectivity index (χ1) is 8.20. The molecule has 0 bridgehead atoms. The van der Waals surface area contributed by atoms with Gasteiger partial charge in [0.1, 0.15) is 16.8 Å². The van der Waals surface area contributed by atoms with Crippen LogP contribution in [0.15, 0.2) is 0 Å². The van der Waals surface area contributed by atoms with Crippen molar-refractivity contribution in [1.29, 1.82) is 0 Å². The molecular weight excluding hydrogens is 246 g/mol. The van der Waals surface area contributed by atoms with Gasteiger partial charge in [-0.05, 0) is 18.8 Å². The second-order valence-electron chi connectivity index (χ2n) is 6.24. The van der Waals surface area contributed by atoms with E-state index in [1.165, 1.54) is 0 Å². The van der Waals surface area contributed by atoms with Crippen molar-refractivity contribution in [3.63, 3.8) is 0 Å². The van der Waals surface area contributed by atoms with Crippen LogP contribution in [0.1, 0.15) is 58.3 Å².